The van der Waals surface area contributed by atoms with E-state index in [1.165, 1.54) is 5.56 Å². The molecule has 0 saturated heterocycles. The van der Waals surface area contributed by atoms with E-state index in [0.29, 0.717) is 5.92 Å². The van der Waals surface area contributed by atoms with Crippen molar-refractivity contribution in [1.29, 1.82) is 0 Å². The molecule has 1 amide bonds. The number of hydrogen-bond acceptors (Lipinski definition) is 2. The molecule has 2 rings (SSSR count). The summed E-state index contributed by atoms with van der Waals surface area (Å²) in [5, 5.41) is 2.89. The van der Waals surface area contributed by atoms with Crippen LogP contribution in [0.4, 0.5) is 5.69 Å². The predicted octanol–water partition coefficient (Wildman–Crippen LogP) is 4.75. The van der Waals surface area contributed by atoms with Crippen LogP contribution < -0.4 is 10.1 Å². The number of carbonyl (C=O) groups excluding carboxylic acids is 1. The molecule has 0 spiro atoms. The fraction of sp³-hybridized carbons (Fsp3) is 0.350. The van der Waals surface area contributed by atoms with Crippen LogP contribution in [0.5, 0.6) is 5.75 Å². The van der Waals surface area contributed by atoms with Crippen LogP contribution in [-0.2, 0) is 4.79 Å². The first-order chi connectivity index (χ1) is 10.8. The maximum Gasteiger partial charge on any atom is 0.262 e. The van der Waals surface area contributed by atoms with E-state index in [1.54, 1.807) is 0 Å². The molecule has 0 fully saturated rings. The minimum Gasteiger partial charge on any atom is -0.483 e. The van der Waals surface area contributed by atoms with Crippen LogP contribution in [0, 0.1) is 20.8 Å². The Hall–Kier alpha value is -2.29. The number of anilines is 1. The van der Waals surface area contributed by atoms with Crippen LogP contribution in [-0.4, -0.2) is 12.5 Å². The van der Waals surface area contributed by atoms with Crippen molar-refractivity contribution in [2.45, 2.75) is 40.5 Å². The summed E-state index contributed by atoms with van der Waals surface area (Å²) in [4.78, 5) is 12.1. The molecule has 0 atom stereocenters. The summed E-state index contributed by atoms with van der Waals surface area (Å²) >= 11 is 0. The molecule has 0 radical (unpaired) electrons. The molecule has 0 heterocycles. The van der Waals surface area contributed by atoms with Gasteiger partial charge in [-0.15, -0.1) is 0 Å². The lowest BCUT2D eigenvalue weighted by Crippen LogP contribution is -2.20. The summed E-state index contributed by atoms with van der Waals surface area (Å²) in [6.07, 6.45) is 0. The molecule has 0 saturated carbocycles. The largest absolute Gasteiger partial charge is 0.483 e. The quantitative estimate of drug-likeness (QED) is 0.865. The second kappa shape index (κ2) is 7.32. The van der Waals surface area contributed by atoms with Gasteiger partial charge in [0.2, 0.25) is 0 Å². The number of hydrogen-bond donors (Lipinski definition) is 1. The molecule has 0 bridgehead atoms. The predicted molar refractivity (Wildman–Crippen MR) is 95.3 cm³/mol. The smallest absolute Gasteiger partial charge is 0.262 e. The summed E-state index contributed by atoms with van der Waals surface area (Å²) in [5.74, 6) is 1.05. The van der Waals surface area contributed by atoms with Crippen LogP contribution in [0.3, 0.4) is 0 Å². The first-order valence-electron chi connectivity index (χ1n) is 7.96. The number of aryl methyl sites for hydroxylation is 3. The van der Waals surface area contributed by atoms with Crippen molar-refractivity contribution in [3.05, 3.63) is 58.7 Å². The Bertz CT molecular complexity index is 685. The van der Waals surface area contributed by atoms with Gasteiger partial charge in [0.25, 0.3) is 5.91 Å². The Labute approximate surface area is 138 Å². The second-order valence-corrected chi connectivity index (χ2v) is 6.39. The number of benzene rings is 2. The van der Waals surface area contributed by atoms with Crippen molar-refractivity contribution in [3.8, 4) is 5.75 Å². The maximum absolute atomic E-state index is 12.1. The molecule has 122 valence electrons. The highest BCUT2D eigenvalue weighted by Crippen LogP contribution is 2.24. The minimum atomic E-state index is -0.149. The Morgan fingerprint density at radius 1 is 1.04 bits per heavy atom. The van der Waals surface area contributed by atoms with E-state index in [1.807, 2.05) is 45.0 Å². The standard InChI is InChI=1S/C20H25NO2/c1-13(2)17-7-6-16(5)19(11-17)23-12-20(22)21-18-9-14(3)8-15(4)10-18/h6-11,13H,12H2,1-5H3,(H,21,22). The van der Waals surface area contributed by atoms with Gasteiger partial charge >= 0.3 is 0 Å². The lowest BCUT2D eigenvalue weighted by molar-refractivity contribution is -0.118. The first-order valence-corrected chi connectivity index (χ1v) is 7.96. The topological polar surface area (TPSA) is 38.3 Å². The van der Waals surface area contributed by atoms with Crippen molar-refractivity contribution < 1.29 is 9.53 Å². The Kier molecular flexibility index (Phi) is 5.43. The zero-order chi connectivity index (χ0) is 17.0. The van der Waals surface area contributed by atoms with E-state index in [4.69, 9.17) is 4.74 Å². The normalized spacial score (nSPS) is 10.7. The third-order valence-electron chi connectivity index (χ3n) is 3.74. The van der Waals surface area contributed by atoms with Gasteiger partial charge in [-0.05, 0) is 67.1 Å². The molecule has 3 nitrogen and oxygen atoms in total. The zero-order valence-electron chi connectivity index (χ0n) is 14.6. The van der Waals surface area contributed by atoms with Gasteiger partial charge in [-0.2, -0.15) is 0 Å². The molecule has 0 aliphatic rings. The number of rotatable bonds is 5. The van der Waals surface area contributed by atoms with Crippen LogP contribution in [0.25, 0.3) is 0 Å². The van der Waals surface area contributed by atoms with E-state index < -0.39 is 0 Å². The molecule has 23 heavy (non-hydrogen) atoms. The Balaban J connectivity index is 2.00. The zero-order valence-corrected chi connectivity index (χ0v) is 14.6. The van der Waals surface area contributed by atoms with Gasteiger partial charge in [0, 0.05) is 5.69 Å². The van der Waals surface area contributed by atoms with Crippen molar-refractivity contribution in [1.82, 2.24) is 0 Å². The van der Waals surface area contributed by atoms with Crippen molar-refractivity contribution in [3.63, 3.8) is 0 Å². The highest BCUT2D eigenvalue weighted by molar-refractivity contribution is 5.92. The molecular weight excluding hydrogens is 286 g/mol. The highest BCUT2D eigenvalue weighted by Gasteiger charge is 2.08. The van der Waals surface area contributed by atoms with Gasteiger partial charge in [0.15, 0.2) is 6.61 Å². The Morgan fingerprint density at radius 3 is 2.30 bits per heavy atom. The van der Waals surface area contributed by atoms with Gasteiger partial charge < -0.3 is 10.1 Å². The molecule has 1 N–H and O–H groups in total. The van der Waals surface area contributed by atoms with Gasteiger partial charge in [0.1, 0.15) is 5.75 Å². The molecule has 2 aromatic rings. The van der Waals surface area contributed by atoms with Gasteiger partial charge in [-0.1, -0.05) is 32.0 Å². The average Bonchev–Trinajstić information content (AvgIpc) is 2.45. The summed E-state index contributed by atoms with van der Waals surface area (Å²) in [6.45, 7) is 10.3. The third kappa shape index (κ3) is 4.85. The lowest BCUT2D eigenvalue weighted by atomic mass is 10.0. The molecular formula is C20H25NO2. The summed E-state index contributed by atoms with van der Waals surface area (Å²) in [5.41, 5.74) is 5.31. The summed E-state index contributed by atoms with van der Waals surface area (Å²) < 4.78 is 5.71. The van der Waals surface area contributed by atoms with Crippen LogP contribution in [0.1, 0.15) is 42.0 Å². The lowest BCUT2D eigenvalue weighted by Gasteiger charge is -2.13. The fourth-order valence-electron chi connectivity index (χ4n) is 2.52. The van der Waals surface area contributed by atoms with Crippen LogP contribution >= 0.6 is 0 Å². The van der Waals surface area contributed by atoms with Crippen molar-refractivity contribution in [2.75, 3.05) is 11.9 Å². The van der Waals surface area contributed by atoms with E-state index in [9.17, 15) is 4.79 Å². The molecule has 0 aliphatic heterocycles. The van der Waals surface area contributed by atoms with Crippen molar-refractivity contribution >= 4 is 11.6 Å². The van der Waals surface area contributed by atoms with Crippen molar-refractivity contribution in [2.24, 2.45) is 0 Å². The second-order valence-electron chi connectivity index (χ2n) is 6.39. The van der Waals surface area contributed by atoms with Crippen LogP contribution in [0.15, 0.2) is 36.4 Å². The van der Waals surface area contributed by atoms with E-state index in [0.717, 1.165) is 28.1 Å². The van der Waals surface area contributed by atoms with E-state index >= 15 is 0 Å². The molecule has 3 heteroatoms. The molecule has 0 aliphatic carbocycles. The minimum absolute atomic E-state index is 0.00930. The summed E-state index contributed by atoms with van der Waals surface area (Å²) in [6, 6.07) is 12.1. The SMILES string of the molecule is Cc1cc(C)cc(NC(=O)COc2cc(C(C)C)ccc2C)c1. The fourth-order valence-corrected chi connectivity index (χ4v) is 2.52. The van der Waals surface area contributed by atoms with E-state index in [-0.39, 0.29) is 12.5 Å². The Morgan fingerprint density at radius 2 is 1.70 bits per heavy atom. The molecule has 0 unspecified atom stereocenters. The number of amides is 1. The van der Waals surface area contributed by atoms with E-state index in [2.05, 4.69) is 31.3 Å². The van der Waals surface area contributed by atoms with Gasteiger partial charge in [-0.25, -0.2) is 0 Å². The maximum atomic E-state index is 12.1. The number of carbonyl (C=O) groups is 1. The van der Waals surface area contributed by atoms with Crippen LogP contribution in [0.2, 0.25) is 0 Å². The van der Waals surface area contributed by atoms with Gasteiger partial charge in [0.05, 0.1) is 0 Å². The average molecular weight is 311 g/mol. The van der Waals surface area contributed by atoms with Gasteiger partial charge in [-0.3, -0.25) is 4.79 Å². The first kappa shape index (κ1) is 17.1. The monoisotopic (exact) mass is 311 g/mol. The number of ether oxygens (including phenoxy) is 1. The third-order valence-corrected chi connectivity index (χ3v) is 3.74. The highest BCUT2D eigenvalue weighted by atomic mass is 16.5. The molecule has 2 aromatic carbocycles. The summed E-state index contributed by atoms with van der Waals surface area (Å²) in [7, 11) is 0. The number of nitrogens with one attached hydrogen (secondary N) is 1. The molecule has 0 aromatic heterocycles.